The van der Waals surface area contributed by atoms with Crippen LogP contribution in [0.5, 0.6) is 0 Å². The lowest BCUT2D eigenvalue weighted by Crippen LogP contribution is -2.47. The molecule has 1 aromatic heterocycles. The highest BCUT2D eigenvalue weighted by atomic mass is 16.6. The SMILES string of the molecule is C[C@@]1(O)C(n2ncc(N)nc2=O)OC(CO)[C@H]1O. The molecular formula is C9H14N4O5. The predicted molar refractivity (Wildman–Crippen MR) is 58.3 cm³/mol. The van der Waals surface area contributed by atoms with Crippen molar-refractivity contribution in [2.45, 2.75) is 31.0 Å². The minimum atomic E-state index is -1.78. The lowest BCUT2D eigenvalue weighted by molar-refractivity contribution is -0.105. The van der Waals surface area contributed by atoms with Gasteiger partial charge in [-0.3, -0.25) is 0 Å². The van der Waals surface area contributed by atoms with E-state index in [0.717, 1.165) is 10.9 Å². The summed E-state index contributed by atoms with van der Waals surface area (Å²) in [6.07, 6.45) is -2.47. The van der Waals surface area contributed by atoms with E-state index in [1.54, 1.807) is 0 Å². The van der Waals surface area contributed by atoms with Crippen molar-refractivity contribution in [2.24, 2.45) is 0 Å². The first-order valence-corrected chi connectivity index (χ1v) is 5.26. The Morgan fingerprint density at radius 2 is 2.33 bits per heavy atom. The van der Waals surface area contributed by atoms with Crippen LogP contribution in [0, 0.1) is 0 Å². The summed E-state index contributed by atoms with van der Waals surface area (Å²) in [5.41, 5.74) is 2.71. The molecule has 9 nitrogen and oxygen atoms in total. The monoisotopic (exact) mass is 258 g/mol. The number of anilines is 1. The van der Waals surface area contributed by atoms with Gasteiger partial charge in [0, 0.05) is 0 Å². The van der Waals surface area contributed by atoms with Crippen LogP contribution < -0.4 is 11.4 Å². The number of ether oxygens (including phenoxy) is 1. The van der Waals surface area contributed by atoms with Crippen molar-refractivity contribution in [3.63, 3.8) is 0 Å². The topological polar surface area (TPSA) is 144 Å². The number of nitrogens with two attached hydrogens (primary N) is 1. The fraction of sp³-hybridized carbons (Fsp3) is 0.667. The molecule has 2 rings (SSSR count). The van der Waals surface area contributed by atoms with Gasteiger partial charge in [-0.05, 0) is 6.92 Å². The van der Waals surface area contributed by atoms with Crippen molar-refractivity contribution < 1.29 is 20.1 Å². The second kappa shape index (κ2) is 4.28. The standard InChI is InChI=1S/C9H14N4O5/c1-9(17)6(15)4(3-14)18-7(9)13-8(16)12-5(10)2-11-13/h2,4,6-7,14-15,17H,3H2,1H3,(H2,10,12,16)/t4?,6-,7?,9+/m1/s1. The summed E-state index contributed by atoms with van der Waals surface area (Å²) in [6, 6.07) is 0. The Bertz CT molecular complexity index is 502. The highest BCUT2D eigenvalue weighted by Gasteiger charge is 2.53. The zero-order valence-electron chi connectivity index (χ0n) is 9.59. The third-order valence-corrected chi connectivity index (χ3v) is 2.89. The van der Waals surface area contributed by atoms with E-state index in [2.05, 4.69) is 10.1 Å². The molecule has 1 aliphatic heterocycles. The third kappa shape index (κ3) is 1.86. The van der Waals surface area contributed by atoms with Gasteiger partial charge in [-0.1, -0.05) is 0 Å². The molecule has 0 saturated carbocycles. The highest BCUT2D eigenvalue weighted by molar-refractivity contribution is 5.19. The van der Waals surface area contributed by atoms with Crippen molar-refractivity contribution in [1.29, 1.82) is 0 Å². The normalized spacial score (nSPS) is 35.9. The molecule has 1 fully saturated rings. The molecular weight excluding hydrogens is 244 g/mol. The minimum absolute atomic E-state index is 0.0619. The molecule has 1 aromatic rings. The van der Waals surface area contributed by atoms with E-state index in [1.807, 2.05) is 0 Å². The van der Waals surface area contributed by atoms with Crippen molar-refractivity contribution >= 4 is 5.82 Å². The second-order valence-corrected chi connectivity index (χ2v) is 4.29. The fourth-order valence-corrected chi connectivity index (χ4v) is 1.87. The predicted octanol–water partition coefficient (Wildman–Crippen LogP) is -2.78. The quantitative estimate of drug-likeness (QED) is 0.446. The number of nitrogens with zero attached hydrogens (tertiary/aromatic N) is 3. The molecule has 9 heteroatoms. The average molecular weight is 258 g/mol. The van der Waals surface area contributed by atoms with Gasteiger partial charge in [0.1, 0.15) is 23.6 Å². The van der Waals surface area contributed by atoms with Gasteiger partial charge in [0.15, 0.2) is 6.23 Å². The van der Waals surface area contributed by atoms with Gasteiger partial charge >= 0.3 is 5.69 Å². The zero-order valence-corrected chi connectivity index (χ0v) is 9.59. The maximum atomic E-state index is 11.6. The number of aromatic nitrogens is 3. The number of hydrogen-bond acceptors (Lipinski definition) is 8. The number of rotatable bonds is 2. The minimum Gasteiger partial charge on any atom is -0.394 e. The molecule has 1 aliphatic rings. The Morgan fingerprint density at radius 1 is 1.67 bits per heavy atom. The summed E-state index contributed by atoms with van der Waals surface area (Å²) in [4.78, 5) is 15.0. The molecule has 18 heavy (non-hydrogen) atoms. The molecule has 0 radical (unpaired) electrons. The largest absolute Gasteiger partial charge is 0.394 e. The first-order valence-electron chi connectivity index (χ1n) is 5.26. The maximum absolute atomic E-state index is 11.6. The van der Waals surface area contributed by atoms with Crippen molar-refractivity contribution in [1.82, 2.24) is 14.8 Å². The molecule has 0 aliphatic carbocycles. The Hall–Kier alpha value is -1.55. The molecule has 0 amide bonds. The van der Waals surface area contributed by atoms with Crippen LogP contribution in [-0.2, 0) is 4.74 Å². The van der Waals surface area contributed by atoms with Crippen LogP contribution in [0.2, 0.25) is 0 Å². The fourth-order valence-electron chi connectivity index (χ4n) is 1.87. The van der Waals surface area contributed by atoms with Crippen molar-refractivity contribution in [3.05, 3.63) is 16.7 Å². The van der Waals surface area contributed by atoms with Gasteiger partial charge in [-0.15, -0.1) is 0 Å². The first-order chi connectivity index (χ1) is 8.37. The maximum Gasteiger partial charge on any atom is 0.368 e. The van der Waals surface area contributed by atoms with Crippen LogP contribution in [0.15, 0.2) is 11.0 Å². The summed E-state index contributed by atoms with van der Waals surface area (Å²) in [5.74, 6) is -0.0619. The van der Waals surface area contributed by atoms with Gasteiger partial charge in [-0.25, -0.2) is 4.79 Å². The van der Waals surface area contributed by atoms with Crippen LogP contribution in [-0.4, -0.2) is 54.5 Å². The van der Waals surface area contributed by atoms with Crippen molar-refractivity contribution in [2.75, 3.05) is 12.3 Å². The average Bonchev–Trinajstić information content (AvgIpc) is 2.52. The van der Waals surface area contributed by atoms with Gasteiger partial charge in [0.05, 0.1) is 12.8 Å². The van der Waals surface area contributed by atoms with E-state index in [0.29, 0.717) is 0 Å². The Balaban J connectivity index is 2.42. The van der Waals surface area contributed by atoms with Crippen LogP contribution in [0.4, 0.5) is 5.82 Å². The number of hydrogen-bond donors (Lipinski definition) is 4. The second-order valence-electron chi connectivity index (χ2n) is 4.29. The number of aliphatic hydroxyl groups excluding tert-OH is 2. The summed E-state index contributed by atoms with van der Waals surface area (Å²) in [7, 11) is 0. The first kappa shape index (κ1) is 12.9. The van der Waals surface area contributed by atoms with Crippen LogP contribution in [0.1, 0.15) is 13.2 Å². The molecule has 2 unspecified atom stereocenters. The van der Waals surface area contributed by atoms with Crippen LogP contribution in [0.3, 0.4) is 0 Å². The molecule has 0 aromatic carbocycles. The Kier molecular flexibility index (Phi) is 3.07. The van der Waals surface area contributed by atoms with Gasteiger partial charge in [0.2, 0.25) is 0 Å². The summed E-state index contributed by atoms with van der Waals surface area (Å²) >= 11 is 0. The van der Waals surface area contributed by atoms with E-state index < -0.39 is 36.3 Å². The summed E-state index contributed by atoms with van der Waals surface area (Å²) < 4.78 is 5.99. The summed E-state index contributed by atoms with van der Waals surface area (Å²) in [6.45, 7) is 0.785. The van der Waals surface area contributed by atoms with E-state index in [1.165, 1.54) is 6.92 Å². The molecule has 4 atom stereocenters. The van der Waals surface area contributed by atoms with E-state index in [-0.39, 0.29) is 5.82 Å². The third-order valence-electron chi connectivity index (χ3n) is 2.89. The van der Waals surface area contributed by atoms with Crippen LogP contribution in [0.25, 0.3) is 0 Å². The highest BCUT2D eigenvalue weighted by Crippen LogP contribution is 2.36. The van der Waals surface area contributed by atoms with E-state index in [9.17, 15) is 15.0 Å². The van der Waals surface area contributed by atoms with Gasteiger partial charge in [0.25, 0.3) is 0 Å². The molecule has 0 spiro atoms. The molecule has 1 saturated heterocycles. The smallest absolute Gasteiger partial charge is 0.368 e. The van der Waals surface area contributed by atoms with E-state index in [4.69, 9.17) is 15.6 Å². The molecule has 100 valence electrons. The van der Waals surface area contributed by atoms with Crippen molar-refractivity contribution in [3.8, 4) is 0 Å². The van der Waals surface area contributed by atoms with E-state index >= 15 is 0 Å². The molecule has 2 heterocycles. The van der Waals surface area contributed by atoms with Gasteiger partial charge < -0.3 is 25.8 Å². The van der Waals surface area contributed by atoms with Gasteiger partial charge in [-0.2, -0.15) is 14.8 Å². The lowest BCUT2D eigenvalue weighted by Gasteiger charge is -2.26. The number of aliphatic hydroxyl groups is 3. The van der Waals surface area contributed by atoms with Crippen LogP contribution >= 0.6 is 0 Å². The summed E-state index contributed by atoms with van der Waals surface area (Å²) in [5, 5.41) is 32.6. The molecule has 5 N–H and O–H groups in total. The Morgan fingerprint density at radius 3 is 2.83 bits per heavy atom. The lowest BCUT2D eigenvalue weighted by atomic mass is 9.97. The zero-order chi connectivity index (χ0) is 13.5. The Labute approximate surface area is 101 Å². The molecule has 0 bridgehead atoms. The number of nitrogen functional groups attached to an aromatic ring is 1.